The van der Waals surface area contributed by atoms with Crippen molar-refractivity contribution < 1.29 is 19.1 Å². The maximum Gasteiger partial charge on any atom is 0.302 e. The zero-order valence-electron chi connectivity index (χ0n) is 19.8. The lowest BCUT2D eigenvalue weighted by molar-refractivity contribution is -0.147. The molecular formula is C24H32N4O4S. The fourth-order valence-electron chi connectivity index (χ4n) is 3.82. The summed E-state index contributed by atoms with van der Waals surface area (Å²) in [6, 6.07) is 6.42. The van der Waals surface area contributed by atoms with Gasteiger partial charge in [-0.2, -0.15) is 0 Å². The smallest absolute Gasteiger partial charge is 0.302 e. The molecule has 2 amide bonds. The van der Waals surface area contributed by atoms with Crippen LogP contribution in [-0.4, -0.2) is 52.4 Å². The second kappa shape index (κ2) is 10.0. The molecule has 3 atom stereocenters. The Morgan fingerprint density at radius 2 is 1.94 bits per heavy atom. The number of nitrogens with zero attached hydrogens (tertiary/aromatic N) is 2. The van der Waals surface area contributed by atoms with Crippen LogP contribution in [0.4, 0.5) is 0 Å². The van der Waals surface area contributed by atoms with E-state index in [1.807, 2.05) is 57.5 Å². The van der Waals surface area contributed by atoms with Gasteiger partial charge in [0, 0.05) is 19.9 Å². The zero-order chi connectivity index (χ0) is 24.3. The van der Waals surface area contributed by atoms with Crippen LogP contribution >= 0.6 is 11.3 Å². The summed E-state index contributed by atoms with van der Waals surface area (Å²) < 4.78 is 5.30. The standard InChI is InChI=1S/C24H32N4O4S/c1-14-20(33-13-27-14)17-8-6-16(7-9-17)11-26-22(30)19-10-18(32-15(2)29)12-28(19)23(31)21(25)24(3,4)5/h6-9,13,18-19,21H,10-12,25H2,1-5H3,(H,26,30)/t18-,19+,21-/m1/s1. The van der Waals surface area contributed by atoms with Crippen molar-refractivity contribution in [1.82, 2.24) is 15.2 Å². The summed E-state index contributed by atoms with van der Waals surface area (Å²) in [4.78, 5) is 44.4. The second-order valence-corrected chi connectivity index (χ2v) is 10.4. The molecule has 1 aromatic heterocycles. The van der Waals surface area contributed by atoms with Crippen molar-refractivity contribution in [1.29, 1.82) is 0 Å². The number of aromatic nitrogens is 1. The van der Waals surface area contributed by atoms with E-state index in [1.54, 1.807) is 11.3 Å². The molecule has 1 aromatic carbocycles. The van der Waals surface area contributed by atoms with Gasteiger partial charge in [-0.1, -0.05) is 45.0 Å². The topological polar surface area (TPSA) is 115 Å². The fraction of sp³-hybridized carbons (Fsp3) is 0.500. The predicted octanol–water partition coefficient (Wildman–Crippen LogP) is 2.64. The Hall–Kier alpha value is -2.78. The Morgan fingerprint density at radius 3 is 2.48 bits per heavy atom. The normalized spacial score (nSPS) is 19.3. The summed E-state index contributed by atoms with van der Waals surface area (Å²) in [5.41, 5.74) is 10.5. The van der Waals surface area contributed by atoms with Crippen molar-refractivity contribution in [3.63, 3.8) is 0 Å². The van der Waals surface area contributed by atoms with Gasteiger partial charge in [0.15, 0.2) is 0 Å². The van der Waals surface area contributed by atoms with Crippen LogP contribution in [0.15, 0.2) is 29.8 Å². The Bertz CT molecular complexity index is 1010. The summed E-state index contributed by atoms with van der Waals surface area (Å²) in [5, 5.41) is 2.92. The van der Waals surface area contributed by atoms with E-state index in [4.69, 9.17) is 10.5 Å². The van der Waals surface area contributed by atoms with Gasteiger partial charge < -0.3 is 20.7 Å². The summed E-state index contributed by atoms with van der Waals surface area (Å²) in [7, 11) is 0. The van der Waals surface area contributed by atoms with Crippen LogP contribution in [0.1, 0.15) is 45.4 Å². The molecule has 33 heavy (non-hydrogen) atoms. The zero-order valence-corrected chi connectivity index (χ0v) is 20.6. The monoisotopic (exact) mass is 472 g/mol. The van der Waals surface area contributed by atoms with E-state index in [0.717, 1.165) is 21.7 Å². The third-order valence-corrected chi connectivity index (χ3v) is 6.79. The van der Waals surface area contributed by atoms with Crippen molar-refractivity contribution in [2.75, 3.05) is 6.54 Å². The van der Waals surface area contributed by atoms with Crippen molar-refractivity contribution >= 4 is 29.1 Å². The van der Waals surface area contributed by atoms with Gasteiger partial charge in [0.1, 0.15) is 12.1 Å². The lowest BCUT2D eigenvalue weighted by Gasteiger charge is -2.32. The molecule has 8 nitrogen and oxygen atoms in total. The number of carbonyl (C=O) groups excluding carboxylic acids is 3. The summed E-state index contributed by atoms with van der Waals surface area (Å²) in [6.07, 6.45) is -0.284. The number of nitrogens with two attached hydrogens (primary N) is 1. The number of amides is 2. The van der Waals surface area contributed by atoms with Crippen LogP contribution in [-0.2, 0) is 25.7 Å². The average Bonchev–Trinajstić information content (AvgIpc) is 3.36. The van der Waals surface area contributed by atoms with Gasteiger partial charge in [0.2, 0.25) is 11.8 Å². The predicted molar refractivity (Wildman–Crippen MR) is 127 cm³/mol. The van der Waals surface area contributed by atoms with Gasteiger partial charge >= 0.3 is 5.97 Å². The van der Waals surface area contributed by atoms with Crippen LogP contribution in [0.3, 0.4) is 0 Å². The minimum atomic E-state index is -0.772. The van der Waals surface area contributed by atoms with E-state index in [2.05, 4.69) is 10.3 Å². The number of nitrogens with one attached hydrogen (secondary N) is 1. The van der Waals surface area contributed by atoms with Crippen LogP contribution < -0.4 is 11.1 Å². The molecule has 1 aliphatic heterocycles. The van der Waals surface area contributed by atoms with E-state index < -0.39 is 29.6 Å². The average molecular weight is 473 g/mol. The highest BCUT2D eigenvalue weighted by Crippen LogP contribution is 2.28. The van der Waals surface area contributed by atoms with E-state index >= 15 is 0 Å². The molecule has 2 heterocycles. The number of carbonyl (C=O) groups is 3. The van der Waals surface area contributed by atoms with E-state index in [9.17, 15) is 14.4 Å². The van der Waals surface area contributed by atoms with Crippen LogP contribution in [0.25, 0.3) is 10.4 Å². The molecule has 3 N–H and O–H groups in total. The maximum atomic E-state index is 13.1. The molecule has 0 bridgehead atoms. The lowest BCUT2D eigenvalue weighted by atomic mass is 9.86. The highest BCUT2D eigenvalue weighted by atomic mass is 32.1. The van der Waals surface area contributed by atoms with Gasteiger partial charge in [-0.05, 0) is 23.5 Å². The van der Waals surface area contributed by atoms with Crippen molar-refractivity contribution in [2.45, 2.75) is 65.8 Å². The number of thiazole rings is 1. The molecule has 0 spiro atoms. The van der Waals surface area contributed by atoms with E-state index in [0.29, 0.717) is 6.54 Å². The van der Waals surface area contributed by atoms with Crippen molar-refractivity contribution in [2.24, 2.45) is 11.1 Å². The minimum absolute atomic E-state index is 0.156. The molecule has 0 saturated carbocycles. The Kier molecular flexibility index (Phi) is 7.54. The first-order valence-electron chi connectivity index (χ1n) is 11.0. The lowest BCUT2D eigenvalue weighted by Crippen LogP contribution is -2.54. The molecular weight excluding hydrogens is 440 g/mol. The Morgan fingerprint density at radius 1 is 1.27 bits per heavy atom. The third-order valence-electron chi connectivity index (χ3n) is 5.81. The minimum Gasteiger partial charge on any atom is -0.461 e. The van der Waals surface area contributed by atoms with Gasteiger partial charge in [-0.3, -0.25) is 14.4 Å². The summed E-state index contributed by atoms with van der Waals surface area (Å²) >= 11 is 1.59. The molecule has 3 rings (SSSR count). The molecule has 0 aliphatic carbocycles. The highest BCUT2D eigenvalue weighted by Gasteiger charge is 2.44. The third kappa shape index (κ3) is 5.97. The van der Waals surface area contributed by atoms with Gasteiger partial charge in [-0.15, -0.1) is 11.3 Å². The van der Waals surface area contributed by atoms with E-state index in [1.165, 1.54) is 11.8 Å². The van der Waals surface area contributed by atoms with Gasteiger partial charge in [-0.25, -0.2) is 4.98 Å². The first-order valence-corrected chi connectivity index (χ1v) is 11.9. The number of hydrogen-bond acceptors (Lipinski definition) is 7. The molecule has 9 heteroatoms. The largest absolute Gasteiger partial charge is 0.461 e. The quantitative estimate of drug-likeness (QED) is 0.625. The van der Waals surface area contributed by atoms with Crippen LogP contribution in [0.2, 0.25) is 0 Å². The first-order chi connectivity index (χ1) is 15.5. The maximum absolute atomic E-state index is 13.1. The molecule has 0 unspecified atom stereocenters. The number of rotatable bonds is 6. The fourth-order valence-corrected chi connectivity index (χ4v) is 4.63. The van der Waals surface area contributed by atoms with Gasteiger partial charge in [0.05, 0.1) is 28.7 Å². The van der Waals surface area contributed by atoms with Crippen molar-refractivity contribution in [3.8, 4) is 10.4 Å². The number of ether oxygens (including phenoxy) is 1. The van der Waals surface area contributed by atoms with E-state index in [-0.39, 0.29) is 24.8 Å². The number of hydrogen-bond donors (Lipinski definition) is 2. The first kappa shape index (κ1) is 24.9. The molecule has 1 aliphatic rings. The molecule has 2 aromatic rings. The number of likely N-dealkylation sites (tertiary alicyclic amines) is 1. The van der Waals surface area contributed by atoms with Crippen LogP contribution in [0.5, 0.6) is 0 Å². The highest BCUT2D eigenvalue weighted by molar-refractivity contribution is 7.13. The number of esters is 1. The summed E-state index contributed by atoms with van der Waals surface area (Å²) in [6.45, 7) is 9.40. The number of aryl methyl sites for hydroxylation is 1. The Labute approximate surface area is 198 Å². The SMILES string of the molecule is CC(=O)O[C@@H]1C[C@@H](C(=O)NCc2ccc(-c3scnc3C)cc2)N(C(=O)[C@@H](N)C(C)(C)C)C1. The molecule has 1 saturated heterocycles. The Balaban J connectivity index is 1.68. The molecule has 1 fully saturated rings. The molecule has 178 valence electrons. The van der Waals surface area contributed by atoms with Crippen LogP contribution in [0, 0.1) is 12.3 Å². The molecule has 0 radical (unpaired) electrons. The van der Waals surface area contributed by atoms with Crippen molar-refractivity contribution in [3.05, 3.63) is 41.0 Å². The summed E-state index contributed by atoms with van der Waals surface area (Å²) in [5.74, 6) is -1.05. The second-order valence-electron chi connectivity index (χ2n) is 9.50. The van der Waals surface area contributed by atoms with Gasteiger partial charge in [0.25, 0.3) is 0 Å². The number of benzene rings is 1.